The molecular weight excluding hydrogens is 374 g/mol. The Kier molecular flexibility index (Phi) is 4.27. The SMILES string of the molecule is O=C(Nc1ncnc2nc[nH]c12)C1CCN(c2cc(-n3cncn3)ncn2)CC1. The highest BCUT2D eigenvalue weighted by Gasteiger charge is 2.26. The van der Waals surface area contributed by atoms with Crippen LogP contribution < -0.4 is 10.2 Å². The number of nitrogens with one attached hydrogen (secondary N) is 2. The molecule has 12 nitrogen and oxygen atoms in total. The van der Waals surface area contributed by atoms with E-state index < -0.39 is 0 Å². The summed E-state index contributed by atoms with van der Waals surface area (Å²) >= 11 is 0. The van der Waals surface area contributed by atoms with Gasteiger partial charge in [0.1, 0.15) is 36.6 Å². The molecule has 1 saturated heterocycles. The fourth-order valence-corrected chi connectivity index (χ4v) is 3.41. The molecular formula is C17H17N11O. The maximum atomic E-state index is 12.7. The Labute approximate surface area is 164 Å². The van der Waals surface area contributed by atoms with Crippen LogP contribution in [0.5, 0.6) is 0 Å². The Balaban J connectivity index is 1.24. The average Bonchev–Trinajstić information content (AvgIpc) is 3.46. The first kappa shape index (κ1) is 17.2. The molecule has 5 rings (SSSR count). The molecule has 4 aromatic heterocycles. The number of carbonyl (C=O) groups excluding carboxylic acids is 1. The Morgan fingerprint density at radius 3 is 2.69 bits per heavy atom. The van der Waals surface area contributed by atoms with Gasteiger partial charge in [0.05, 0.1) is 6.33 Å². The molecule has 0 saturated carbocycles. The number of rotatable bonds is 4. The van der Waals surface area contributed by atoms with Gasteiger partial charge in [0, 0.05) is 25.1 Å². The lowest BCUT2D eigenvalue weighted by atomic mass is 9.96. The molecule has 5 heterocycles. The molecule has 0 atom stereocenters. The van der Waals surface area contributed by atoms with Crippen LogP contribution in [0.15, 0.2) is 37.7 Å². The molecule has 0 bridgehead atoms. The zero-order valence-electron chi connectivity index (χ0n) is 15.3. The van der Waals surface area contributed by atoms with Crippen molar-refractivity contribution in [3.05, 3.63) is 37.7 Å². The number of aromatic amines is 1. The number of imidazole rings is 1. The summed E-state index contributed by atoms with van der Waals surface area (Å²) in [5.74, 6) is 1.76. The van der Waals surface area contributed by atoms with Gasteiger partial charge in [-0.15, -0.1) is 0 Å². The van der Waals surface area contributed by atoms with Gasteiger partial charge in [-0.3, -0.25) is 4.79 Å². The summed E-state index contributed by atoms with van der Waals surface area (Å²) in [5, 5.41) is 6.99. The van der Waals surface area contributed by atoms with E-state index in [0.717, 1.165) is 18.9 Å². The third-order valence-electron chi connectivity index (χ3n) is 4.95. The number of carbonyl (C=O) groups is 1. The second kappa shape index (κ2) is 7.22. The van der Waals surface area contributed by atoms with Crippen LogP contribution in [0.25, 0.3) is 17.0 Å². The summed E-state index contributed by atoms with van der Waals surface area (Å²) in [7, 11) is 0. The molecule has 146 valence electrons. The van der Waals surface area contributed by atoms with Crippen molar-refractivity contribution in [3.63, 3.8) is 0 Å². The van der Waals surface area contributed by atoms with Crippen molar-refractivity contribution >= 4 is 28.7 Å². The number of hydrogen-bond acceptors (Lipinski definition) is 9. The number of H-pyrrole nitrogens is 1. The van der Waals surface area contributed by atoms with Crippen LogP contribution in [-0.4, -0.2) is 63.7 Å². The van der Waals surface area contributed by atoms with Gasteiger partial charge in [-0.05, 0) is 12.8 Å². The number of amides is 1. The molecule has 0 aromatic carbocycles. The molecule has 12 heteroatoms. The number of hydrogen-bond donors (Lipinski definition) is 2. The second-order valence-electron chi connectivity index (χ2n) is 6.65. The third-order valence-corrected chi connectivity index (χ3v) is 4.95. The molecule has 1 fully saturated rings. The second-order valence-corrected chi connectivity index (χ2v) is 6.65. The molecule has 1 aliphatic heterocycles. The summed E-state index contributed by atoms with van der Waals surface area (Å²) in [5.41, 5.74) is 1.15. The first-order valence-electron chi connectivity index (χ1n) is 9.15. The van der Waals surface area contributed by atoms with Crippen LogP contribution in [0, 0.1) is 5.92 Å². The summed E-state index contributed by atoms with van der Waals surface area (Å²) in [6.45, 7) is 1.43. The van der Waals surface area contributed by atoms with Crippen LogP contribution in [0.2, 0.25) is 0 Å². The van der Waals surface area contributed by atoms with Gasteiger partial charge in [0.15, 0.2) is 17.3 Å². The molecule has 1 aliphatic rings. The average molecular weight is 391 g/mol. The van der Waals surface area contributed by atoms with E-state index in [1.165, 1.54) is 25.3 Å². The summed E-state index contributed by atoms with van der Waals surface area (Å²) in [4.78, 5) is 42.6. The van der Waals surface area contributed by atoms with Crippen LogP contribution in [0.1, 0.15) is 12.8 Å². The molecule has 29 heavy (non-hydrogen) atoms. The van der Waals surface area contributed by atoms with Crippen LogP contribution >= 0.6 is 0 Å². The first-order valence-corrected chi connectivity index (χ1v) is 9.15. The van der Waals surface area contributed by atoms with Crippen LogP contribution in [0.3, 0.4) is 0 Å². The number of fused-ring (bicyclic) bond motifs is 1. The Bertz CT molecular complexity index is 1130. The molecule has 0 radical (unpaired) electrons. The van der Waals surface area contributed by atoms with Crippen molar-refractivity contribution in [1.29, 1.82) is 0 Å². The predicted molar refractivity (Wildman–Crippen MR) is 102 cm³/mol. The highest BCUT2D eigenvalue weighted by atomic mass is 16.2. The number of piperidine rings is 1. The van der Waals surface area contributed by atoms with E-state index in [4.69, 9.17) is 0 Å². The van der Waals surface area contributed by atoms with Gasteiger partial charge < -0.3 is 15.2 Å². The molecule has 0 unspecified atom stereocenters. The smallest absolute Gasteiger partial charge is 0.228 e. The summed E-state index contributed by atoms with van der Waals surface area (Å²) in [6.07, 6.45) is 8.91. The number of nitrogens with zero attached hydrogens (tertiary/aromatic N) is 9. The van der Waals surface area contributed by atoms with Crippen LogP contribution in [0.4, 0.5) is 11.6 Å². The predicted octanol–water partition coefficient (Wildman–Crippen LogP) is 0.579. The largest absolute Gasteiger partial charge is 0.356 e. The Hall–Kier alpha value is -3.96. The van der Waals surface area contributed by atoms with Crippen molar-refractivity contribution in [2.75, 3.05) is 23.3 Å². The molecule has 0 spiro atoms. The Morgan fingerprint density at radius 1 is 1.03 bits per heavy atom. The van der Waals surface area contributed by atoms with E-state index in [-0.39, 0.29) is 11.8 Å². The van der Waals surface area contributed by atoms with E-state index in [1.54, 1.807) is 11.0 Å². The zero-order valence-corrected chi connectivity index (χ0v) is 15.3. The highest BCUT2D eigenvalue weighted by molar-refractivity contribution is 5.97. The zero-order chi connectivity index (χ0) is 19.6. The fraction of sp³-hybridized carbons (Fsp3) is 0.294. The van der Waals surface area contributed by atoms with Crippen molar-refractivity contribution in [2.24, 2.45) is 5.92 Å². The first-order chi connectivity index (χ1) is 14.3. The van der Waals surface area contributed by atoms with Gasteiger partial charge in [0.2, 0.25) is 5.91 Å². The fourth-order valence-electron chi connectivity index (χ4n) is 3.41. The standard InChI is InChI=1S/C17H17N11O/c29-17(26-16-14-15(22-8-21-14)23-9-24-16)11-1-3-27(4-2-11)12-5-13(20-7-19-12)28-10-18-6-25-28/h5-11H,1-4H2,(H2,21,22,23,24,26,29). The van der Waals surface area contributed by atoms with Crippen LogP contribution in [-0.2, 0) is 4.79 Å². The van der Waals surface area contributed by atoms with E-state index in [2.05, 4.69) is 50.2 Å². The lowest BCUT2D eigenvalue weighted by molar-refractivity contribution is -0.120. The van der Waals surface area contributed by atoms with Crippen molar-refractivity contribution in [3.8, 4) is 5.82 Å². The molecule has 2 N–H and O–H groups in total. The molecule has 1 amide bonds. The van der Waals surface area contributed by atoms with Crippen molar-refractivity contribution in [1.82, 2.24) is 44.7 Å². The van der Waals surface area contributed by atoms with E-state index in [1.807, 2.05) is 6.07 Å². The highest BCUT2D eigenvalue weighted by Crippen LogP contribution is 2.24. The topological polar surface area (TPSA) is 143 Å². The maximum Gasteiger partial charge on any atom is 0.228 e. The molecule has 0 aliphatic carbocycles. The van der Waals surface area contributed by atoms with Gasteiger partial charge in [-0.1, -0.05) is 0 Å². The minimum Gasteiger partial charge on any atom is -0.356 e. The van der Waals surface area contributed by atoms with E-state index in [0.29, 0.717) is 35.6 Å². The summed E-state index contributed by atoms with van der Waals surface area (Å²) in [6, 6.07) is 1.87. The molecule has 4 aromatic rings. The van der Waals surface area contributed by atoms with Gasteiger partial charge in [-0.2, -0.15) is 5.10 Å². The lowest BCUT2D eigenvalue weighted by Crippen LogP contribution is -2.38. The van der Waals surface area contributed by atoms with Gasteiger partial charge in [0.25, 0.3) is 0 Å². The van der Waals surface area contributed by atoms with Crippen molar-refractivity contribution < 1.29 is 4.79 Å². The summed E-state index contributed by atoms with van der Waals surface area (Å²) < 4.78 is 1.59. The van der Waals surface area contributed by atoms with Gasteiger partial charge >= 0.3 is 0 Å². The quantitative estimate of drug-likeness (QED) is 0.510. The normalized spacial score (nSPS) is 15.0. The number of anilines is 2. The third kappa shape index (κ3) is 3.35. The monoisotopic (exact) mass is 391 g/mol. The van der Waals surface area contributed by atoms with Crippen molar-refractivity contribution in [2.45, 2.75) is 12.8 Å². The lowest BCUT2D eigenvalue weighted by Gasteiger charge is -2.32. The minimum atomic E-state index is -0.101. The van der Waals surface area contributed by atoms with Gasteiger partial charge in [-0.25, -0.2) is 34.6 Å². The Morgan fingerprint density at radius 2 is 1.86 bits per heavy atom. The number of aromatic nitrogens is 9. The minimum absolute atomic E-state index is 0.0507. The van der Waals surface area contributed by atoms with E-state index in [9.17, 15) is 4.79 Å². The maximum absolute atomic E-state index is 12.7. The van der Waals surface area contributed by atoms with E-state index >= 15 is 0 Å².